The molecule has 0 bridgehead atoms. The van der Waals surface area contributed by atoms with Crippen molar-refractivity contribution in [1.82, 2.24) is 14.8 Å². The Balaban J connectivity index is 1.58. The molecular weight excluding hydrogens is 345 g/mol. The minimum Gasteiger partial charge on any atom is -0.481 e. The van der Waals surface area contributed by atoms with E-state index in [9.17, 15) is 9.18 Å². The third-order valence-corrected chi connectivity index (χ3v) is 5.53. The van der Waals surface area contributed by atoms with Gasteiger partial charge in [-0.3, -0.25) is 9.69 Å². The number of nitrogens with zero attached hydrogens (tertiary/aromatic N) is 3. The van der Waals surface area contributed by atoms with Crippen LogP contribution < -0.4 is 4.74 Å². The molecule has 1 amide bonds. The average Bonchev–Trinajstić information content (AvgIpc) is 2.96. The number of aromatic nitrogens is 1. The van der Waals surface area contributed by atoms with E-state index in [2.05, 4.69) is 9.88 Å². The summed E-state index contributed by atoms with van der Waals surface area (Å²) in [5, 5.41) is 0. The van der Waals surface area contributed by atoms with Crippen molar-refractivity contribution >= 4 is 5.91 Å². The number of fused-ring (bicyclic) bond motifs is 1. The zero-order chi connectivity index (χ0) is 19.1. The Morgan fingerprint density at radius 3 is 2.63 bits per heavy atom. The zero-order valence-corrected chi connectivity index (χ0v) is 15.9. The summed E-state index contributed by atoms with van der Waals surface area (Å²) >= 11 is 0. The summed E-state index contributed by atoms with van der Waals surface area (Å²) in [7, 11) is 1.61. The number of methoxy groups -OCH3 is 1. The van der Waals surface area contributed by atoms with Gasteiger partial charge in [-0.2, -0.15) is 0 Å². The van der Waals surface area contributed by atoms with E-state index in [1.165, 1.54) is 12.1 Å². The zero-order valence-electron chi connectivity index (χ0n) is 15.9. The maximum absolute atomic E-state index is 13.2. The van der Waals surface area contributed by atoms with Crippen molar-refractivity contribution in [3.05, 3.63) is 58.5 Å². The van der Waals surface area contributed by atoms with Crippen LogP contribution in [0.25, 0.3) is 0 Å². The SMILES string of the molecule is COc1nc2c(cc1CN1CC[C@@H]1c1ccc(F)cc1)C(=O)N(C(C)C)C2. The van der Waals surface area contributed by atoms with Gasteiger partial charge in [0.1, 0.15) is 5.82 Å². The molecule has 1 aromatic carbocycles. The minimum atomic E-state index is -0.220. The second-order valence-electron chi connectivity index (χ2n) is 7.50. The lowest BCUT2D eigenvalue weighted by atomic mass is 9.94. The number of carbonyl (C=O) groups excluding carboxylic acids is 1. The average molecular weight is 369 g/mol. The first kappa shape index (κ1) is 17.9. The molecule has 0 unspecified atom stereocenters. The molecule has 142 valence electrons. The molecule has 2 aromatic rings. The second kappa shape index (κ2) is 6.93. The standard InChI is InChI=1S/C21H24FN3O2/c1-13(2)25-12-18-17(21(25)26)10-15(20(23-18)27-3)11-24-9-8-19(24)14-4-6-16(22)7-5-14/h4-7,10,13,19H,8-9,11-12H2,1-3H3/t19-/m1/s1. The number of rotatable bonds is 5. The maximum atomic E-state index is 13.2. The van der Waals surface area contributed by atoms with E-state index in [1.807, 2.05) is 36.9 Å². The highest BCUT2D eigenvalue weighted by atomic mass is 19.1. The van der Waals surface area contributed by atoms with Crippen LogP contribution in [0.4, 0.5) is 4.39 Å². The third-order valence-electron chi connectivity index (χ3n) is 5.53. The second-order valence-corrected chi connectivity index (χ2v) is 7.50. The largest absolute Gasteiger partial charge is 0.481 e. The van der Waals surface area contributed by atoms with E-state index < -0.39 is 0 Å². The Bertz CT molecular complexity index is 866. The van der Waals surface area contributed by atoms with Crippen LogP contribution in [0.5, 0.6) is 5.88 Å². The highest BCUT2D eigenvalue weighted by molar-refractivity contribution is 5.98. The van der Waals surface area contributed by atoms with Gasteiger partial charge in [0.25, 0.3) is 5.91 Å². The molecule has 0 spiro atoms. The number of hydrogen-bond acceptors (Lipinski definition) is 4. The number of amides is 1. The summed E-state index contributed by atoms with van der Waals surface area (Å²) < 4.78 is 18.7. The van der Waals surface area contributed by atoms with Crippen LogP contribution in [0.2, 0.25) is 0 Å². The van der Waals surface area contributed by atoms with Gasteiger partial charge >= 0.3 is 0 Å². The molecule has 2 aliphatic heterocycles. The summed E-state index contributed by atoms with van der Waals surface area (Å²) in [6.07, 6.45) is 1.03. The molecule has 0 aliphatic carbocycles. The Labute approximate surface area is 158 Å². The molecular formula is C21H24FN3O2. The Kier molecular flexibility index (Phi) is 4.60. The Hall–Kier alpha value is -2.47. The highest BCUT2D eigenvalue weighted by Gasteiger charge is 2.34. The van der Waals surface area contributed by atoms with Gasteiger partial charge in [-0.1, -0.05) is 12.1 Å². The van der Waals surface area contributed by atoms with E-state index >= 15 is 0 Å². The predicted octanol–water partition coefficient (Wildman–Crippen LogP) is 3.54. The van der Waals surface area contributed by atoms with Crippen LogP contribution in [0.1, 0.15) is 53.5 Å². The fourth-order valence-corrected chi connectivity index (χ4v) is 3.89. The van der Waals surface area contributed by atoms with Crippen molar-refractivity contribution in [2.45, 2.75) is 45.4 Å². The van der Waals surface area contributed by atoms with E-state index in [0.717, 1.165) is 29.8 Å². The Morgan fingerprint density at radius 1 is 1.30 bits per heavy atom. The van der Waals surface area contributed by atoms with Crippen LogP contribution in [-0.4, -0.2) is 40.4 Å². The van der Waals surface area contributed by atoms with Gasteiger partial charge in [0, 0.05) is 30.7 Å². The van der Waals surface area contributed by atoms with Crippen molar-refractivity contribution in [2.75, 3.05) is 13.7 Å². The molecule has 4 rings (SSSR count). The van der Waals surface area contributed by atoms with Gasteiger partial charge in [-0.15, -0.1) is 0 Å². The van der Waals surface area contributed by atoms with Gasteiger partial charge in [0.2, 0.25) is 5.88 Å². The number of pyridine rings is 1. The lowest BCUT2D eigenvalue weighted by molar-refractivity contribution is 0.0729. The lowest BCUT2D eigenvalue weighted by Crippen LogP contribution is -2.40. The van der Waals surface area contributed by atoms with E-state index in [-0.39, 0.29) is 23.8 Å². The van der Waals surface area contributed by atoms with Crippen molar-refractivity contribution in [3.8, 4) is 5.88 Å². The van der Waals surface area contributed by atoms with Crippen LogP contribution in [-0.2, 0) is 13.1 Å². The highest BCUT2D eigenvalue weighted by Crippen LogP contribution is 2.37. The summed E-state index contributed by atoms with van der Waals surface area (Å²) in [6, 6.07) is 9.02. The molecule has 5 nitrogen and oxygen atoms in total. The van der Waals surface area contributed by atoms with Crippen molar-refractivity contribution in [3.63, 3.8) is 0 Å². The van der Waals surface area contributed by atoms with Gasteiger partial charge in [0.05, 0.1) is 24.9 Å². The fourth-order valence-electron chi connectivity index (χ4n) is 3.89. The molecule has 2 aliphatic rings. The number of benzene rings is 1. The van der Waals surface area contributed by atoms with Gasteiger partial charge in [0.15, 0.2) is 0 Å². The minimum absolute atomic E-state index is 0.0371. The molecule has 1 saturated heterocycles. The summed E-state index contributed by atoms with van der Waals surface area (Å²) in [5.41, 5.74) is 3.49. The first-order chi connectivity index (χ1) is 13.0. The van der Waals surface area contributed by atoms with Crippen LogP contribution in [0.15, 0.2) is 30.3 Å². The number of carbonyl (C=O) groups is 1. The topological polar surface area (TPSA) is 45.7 Å². The Morgan fingerprint density at radius 2 is 2.04 bits per heavy atom. The van der Waals surface area contributed by atoms with Crippen molar-refractivity contribution in [1.29, 1.82) is 0 Å². The normalized spacial score (nSPS) is 19.4. The summed E-state index contributed by atoms with van der Waals surface area (Å²) in [5.74, 6) is 0.398. The van der Waals surface area contributed by atoms with Crippen molar-refractivity contribution < 1.29 is 13.9 Å². The van der Waals surface area contributed by atoms with E-state index in [1.54, 1.807) is 7.11 Å². The molecule has 0 radical (unpaired) electrons. The number of ether oxygens (including phenoxy) is 1. The van der Waals surface area contributed by atoms with Gasteiger partial charge in [-0.05, 0) is 44.0 Å². The molecule has 1 atom stereocenters. The molecule has 6 heteroatoms. The van der Waals surface area contributed by atoms with E-state index in [0.29, 0.717) is 24.5 Å². The molecule has 3 heterocycles. The molecule has 0 saturated carbocycles. The fraction of sp³-hybridized carbons (Fsp3) is 0.429. The smallest absolute Gasteiger partial charge is 0.256 e. The van der Waals surface area contributed by atoms with E-state index in [4.69, 9.17) is 4.74 Å². The molecule has 27 heavy (non-hydrogen) atoms. The number of halogens is 1. The first-order valence-electron chi connectivity index (χ1n) is 9.35. The third kappa shape index (κ3) is 3.18. The van der Waals surface area contributed by atoms with Crippen molar-refractivity contribution in [2.24, 2.45) is 0 Å². The number of likely N-dealkylation sites (tertiary alicyclic amines) is 1. The monoisotopic (exact) mass is 369 g/mol. The van der Waals surface area contributed by atoms with Gasteiger partial charge in [-0.25, -0.2) is 9.37 Å². The lowest BCUT2D eigenvalue weighted by Gasteiger charge is -2.41. The molecule has 1 aromatic heterocycles. The summed E-state index contributed by atoms with van der Waals surface area (Å²) in [4.78, 5) is 21.4. The molecule has 0 N–H and O–H groups in total. The van der Waals surface area contributed by atoms with Gasteiger partial charge < -0.3 is 9.64 Å². The van der Waals surface area contributed by atoms with Crippen LogP contribution >= 0.6 is 0 Å². The maximum Gasteiger partial charge on any atom is 0.256 e. The van der Waals surface area contributed by atoms with Crippen LogP contribution in [0, 0.1) is 5.82 Å². The first-order valence-corrected chi connectivity index (χ1v) is 9.35. The summed E-state index contributed by atoms with van der Waals surface area (Å²) in [6.45, 7) is 6.16. The number of hydrogen-bond donors (Lipinski definition) is 0. The predicted molar refractivity (Wildman–Crippen MR) is 100.0 cm³/mol. The molecule has 1 fully saturated rings. The quantitative estimate of drug-likeness (QED) is 0.809. The van der Waals surface area contributed by atoms with Crippen LogP contribution in [0.3, 0.4) is 0 Å².